The minimum atomic E-state index is 0.663. The summed E-state index contributed by atoms with van der Waals surface area (Å²) in [6.45, 7) is 0. The second kappa shape index (κ2) is 11.8. The van der Waals surface area contributed by atoms with Crippen molar-refractivity contribution in [3.8, 4) is 67.3 Å². The smallest absolute Gasteiger partial charge is 0.160 e. The second-order valence-electron chi connectivity index (χ2n) is 11.1. The maximum absolute atomic E-state index is 5.89. The van der Waals surface area contributed by atoms with Gasteiger partial charge in [0.05, 0.1) is 11.4 Å². The fourth-order valence-corrected chi connectivity index (χ4v) is 5.38. The number of nitrogens with zero attached hydrogens (tertiary/aromatic N) is 2. The van der Waals surface area contributed by atoms with Gasteiger partial charge in [0.2, 0.25) is 0 Å². The fourth-order valence-electron chi connectivity index (χ4n) is 5.38. The summed E-state index contributed by atoms with van der Waals surface area (Å²) >= 11 is 0. The third-order valence-corrected chi connectivity index (χ3v) is 7.96. The molecule has 0 unspecified atom stereocenters. The van der Waals surface area contributed by atoms with E-state index >= 15 is 0 Å². The molecule has 0 aliphatic heterocycles. The van der Waals surface area contributed by atoms with E-state index in [9.17, 15) is 0 Å². The summed E-state index contributed by atoms with van der Waals surface area (Å²) in [4.78, 5) is 10.1. The van der Waals surface area contributed by atoms with Gasteiger partial charge in [-0.3, -0.25) is 0 Å². The highest BCUT2D eigenvalue weighted by molar-refractivity contribution is 5.77. The second-order valence-corrected chi connectivity index (χ2v) is 11.1. The molecule has 7 aromatic rings. The Morgan fingerprint density at radius 1 is 0.267 bits per heavy atom. The first-order valence-electron chi connectivity index (χ1n) is 14.8. The van der Waals surface area contributed by atoms with Gasteiger partial charge in [-0.15, -0.1) is 0 Å². The van der Waals surface area contributed by atoms with Crippen molar-refractivity contribution in [2.45, 2.75) is 0 Å². The molecule has 1 heterocycles. The van der Waals surface area contributed by atoms with Crippen LogP contribution in [-0.2, 0) is 0 Å². The summed E-state index contributed by atoms with van der Waals surface area (Å²) in [6, 6.07) is 51.0. The predicted molar refractivity (Wildman–Crippen MR) is 188 cm³/mol. The van der Waals surface area contributed by atoms with E-state index in [0.717, 1.165) is 78.5 Å². The van der Waals surface area contributed by atoms with Gasteiger partial charge in [-0.05, 0) is 75.8 Å². The van der Waals surface area contributed by atoms with Gasteiger partial charge in [0.15, 0.2) is 5.82 Å². The van der Waals surface area contributed by atoms with Crippen LogP contribution in [0.5, 0.6) is 0 Å². The van der Waals surface area contributed by atoms with Gasteiger partial charge in [0.25, 0.3) is 0 Å². The topological polar surface area (TPSA) is 104 Å². The van der Waals surface area contributed by atoms with Gasteiger partial charge >= 0.3 is 0 Å². The van der Waals surface area contributed by atoms with E-state index in [0.29, 0.717) is 5.82 Å². The molecule has 5 nitrogen and oxygen atoms in total. The predicted octanol–water partition coefficient (Wildman–Crippen LogP) is 9.23. The van der Waals surface area contributed by atoms with Crippen LogP contribution in [0.2, 0.25) is 0 Å². The monoisotopic (exact) mass is 581 g/mol. The molecule has 0 saturated carbocycles. The highest BCUT2D eigenvalue weighted by atomic mass is 14.9. The van der Waals surface area contributed by atoms with Crippen molar-refractivity contribution >= 4 is 17.1 Å². The van der Waals surface area contributed by atoms with Crippen LogP contribution in [-0.4, -0.2) is 9.97 Å². The van der Waals surface area contributed by atoms with Gasteiger partial charge in [-0.25, -0.2) is 9.97 Å². The summed E-state index contributed by atoms with van der Waals surface area (Å²) in [5.41, 5.74) is 31.2. The Balaban J connectivity index is 1.27. The SMILES string of the molecule is Nc1ccc(-c2ccc(-c3cc(-c4ccc(-c5ccc(N)cc5)cc4)nc(-c4ccc(-c5ccc(N)cc5)cc4)n3)cc2)cc1. The van der Waals surface area contributed by atoms with Crippen LogP contribution in [0.4, 0.5) is 17.1 Å². The lowest BCUT2D eigenvalue weighted by molar-refractivity contribution is 1.18. The molecule has 0 saturated heterocycles. The Labute approximate surface area is 262 Å². The molecule has 0 amide bonds. The molecule has 0 atom stereocenters. The number of rotatable bonds is 6. The van der Waals surface area contributed by atoms with Crippen molar-refractivity contribution in [3.63, 3.8) is 0 Å². The first-order chi connectivity index (χ1) is 22.0. The molecule has 6 aromatic carbocycles. The molecule has 7 rings (SSSR count). The Hall–Kier alpha value is -6.20. The van der Waals surface area contributed by atoms with Crippen LogP contribution < -0.4 is 17.2 Å². The molecule has 0 fully saturated rings. The first kappa shape index (κ1) is 27.6. The maximum atomic E-state index is 5.89. The molecule has 45 heavy (non-hydrogen) atoms. The van der Waals surface area contributed by atoms with Crippen molar-refractivity contribution < 1.29 is 0 Å². The van der Waals surface area contributed by atoms with Crippen LogP contribution in [0.3, 0.4) is 0 Å². The molecule has 5 heteroatoms. The first-order valence-corrected chi connectivity index (χ1v) is 14.8. The Morgan fingerprint density at radius 2 is 0.489 bits per heavy atom. The molecule has 0 aliphatic carbocycles. The van der Waals surface area contributed by atoms with E-state index in [1.54, 1.807) is 0 Å². The van der Waals surface area contributed by atoms with Crippen molar-refractivity contribution in [2.24, 2.45) is 0 Å². The van der Waals surface area contributed by atoms with Crippen LogP contribution in [0, 0.1) is 0 Å². The largest absolute Gasteiger partial charge is 0.399 e. The van der Waals surface area contributed by atoms with E-state index in [4.69, 9.17) is 27.2 Å². The van der Waals surface area contributed by atoms with Gasteiger partial charge in [-0.1, -0.05) is 109 Å². The lowest BCUT2D eigenvalue weighted by atomic mass is 10.00. The lowest BCUT2D eigenvalue weighted by Crippen LogP contribution is -1.96. The number of nitrogen functional groups attached to an aromatic ring is 3. The third kappa shape index (κ3) is 6.01. The molecular formula is C40H31N5. The minimum Gasteiger partial charge on any atom is -0.399 e. The maximum Gasteiger partial charge on any atom is 0.160 e. The molecule has 0 radical (unpaired) electrons. The van der Waals surface area contributed by atoms with E-state index in [2.05, 4.69) is 78.9 Å². The van der Waals surface area contributed by atoms with E-state index in [1.165, 1.54) is 0 Å². The molecule has 1 aromatic heterocycles. The van der Waals surface area contributed by atoms with Crippen LogP contribution >= 0.6 is 0 Å². The normalized spacial score (nSPS) is 10.9. The molecule has 0 spiro atoms. The molecule has 216 valence electrons. The van der Waals surface area contributed by atoms with Crippen molar-refractivity contribution in [3.05, 3.63) is 152 Å². The minimum absolute atomic E-state index is 0.663. The molecule has 6 N–H and O–H groups in total. The number of aromatic nitrogens is 2. The zero-order valence-corrected chi connectivity index (χ0v) is 24.6. The third-order valence-electron chi connectivity index (χ3n) is 7.96. The highest BCUT2D eigenvalue weighted by Gasteiger charge is 2.12. The van der Waals surface area contributed by atoms with Gasteiger partial charge in [0, 0.05) is 33.8 Å². The van der Waals surface area contributed by atoms with E-state index < -0.39 is 0 Å². The summed E-state index contributed by atoms with van der Waals surface area (Å²) in [5, 5.41) is 0. The Bertz CT molecular complexity index is 1810. The average molecular weight is 582 g/mol. The number of hydrogen-bond donors (Lipinski definition) is 3. The van der Waals surface area contributed by atoms with Crippen molar-refractivity contribution in [1.29, 1.82) is 0 Å². The van der Waals surface area contributed by atoms with E-state index in [-0.39, 0.29) is 0 Å². The van der Waals surface area contributed by atoms with Crippen molar-refractivity contribution in [1.82, 2.24) is 9.97 Å². The fraction of sp³-hybridized carbons (Fsp3) is 0. The Kier molecular flexibility index (Phi) is 7.26. The number of nitrogens with two attached hydrogens (primary N) is 3. The molecule has 0 aliphatic rings. The van der Waals surface area contributed by atoms with Crippen LogP contribution in [0.25, 0.3) is 67.3 Å². The highest BCUT2D eigenvalue weighted by Crippen LogP contribution is 2.32. The zero-order chi connectivity index (χ0) is 30.8. The van der Waals surface area contributed by atoms with Gasteiger partial charge in [-0.2, -0.15) is 0 Å². The summed E-state index contributed by atoms with van der Waals surface area (Å²) in [7, 11) is 0. The Morgan fingerprint density at radius 3 is 0.778 bits per heavy atom. The summed E-state index contributed by atoms with van der Waals surface area (Å²) in [6.07, 6.45) is 0. The van der Waals surface area contributed by atoms with Crippen LogP contribution in [0.1, 0.15) is 0 Å². The molecular weight excluding hydrogens is 550 g/mol. The number of anilines is 3. The number of benzene rings is 6. The standard InChI is InChI=1S/C40H31N5/c41-35-19-13-29(14-20-35)26-1-7-32(8-2-26)38-25-39(33-9-3-27(4-10-33)30-15-21-36(42)22-16-30)45-40(44-38)34-11-5-28(6-12-34)31-17-23-37(43)24-18-31/h1-25H,41-43H2. The summed E-state index contributed by atoms with van der Waals surface area (Å²) < 4.78 is 0. The molecule has 0 bridgehead atoms. The number of hydrogen-bond acceptors (Lipinski definition) is 5. The van der Waals surface area contributed by atoms with Crippen LogP contribution in [0.15, 0.2) is 152 Å². The van der Waals surface area contributed by atoms with Crippen molar-refractivity contribution in [2.75, 3.05) is 17.2 Å². The quantitative estimate of drug-likeness (QED) is 0.170. The lowest BCUT2D eigenvalue weighted by Gasteiger charge is -2.11. The zero-order valence-electron chi connectivity index (χ0n) is 24.6. The summed E-state index contributed by atoms with van der Waals surface area (Å²) in [5.74, 6) is 0.663. The van der Waals surface area contributed by atoms with Gasteiger partial charge in [0.1, 0.15) is 0 Å². The van der Waals surface area contributed by atoms with Gasteiger partial charge < -0.3 is 17.2 Å². The average Bonchev–Trinajstić information content (AvgIpc) is 3.09. The van der Waals surface area contributed by atoms with E-state index in [1.807, 2.05) is 72.8 Å².